The fourth-order valence-corrected chi connectivity index (χ4v) is 3.68. The summed E-state index contributed by atoms with van der Waals surface area (Å²) in [6.07, 6.45) is 0.965. The van der Waals surface area contributed by atoms with Crippen molar-refractivity contribution in [2.45, 2.75) is 19.4 Å². The zero-order valence-corrected chi connectivity index (χ0v) is 13.8. The first kappa shape index (κ1) is 14.6. The highest BCUT2D eigenvalue weighted by Gasteiger charge is 2.16. The van der Waals surface area contributed by atoms with Gasteiger partial charge in [-0.3, -0.25) is 0 Å². The third-order valence-corrected chi connectivity index (χ3v) is 4.79. The predicted molar refractivity (Wildman–Crippen MR) is 85.3 cm³/mol. The van der Waals surface area contributed by atoms with E-state index in [-0.39, 0.29) is 6.04 Å². The molecule has 0 aliphatic heterocycles. The summed E-state index contributed by atoms with van der Waals surface area (Å²) in [6, 6.07) is 10.8. The van der Waals surface area contributed by atoms with Crippen molar-refractivity contribution in [2.75, 3.05) is 14.2 Å². The van der Waals surface area contributed by atoms with Crippen molar-refractivity contribution in [1.82, 2.24) is 5.32 Å². The average molecular weight is 340 g/mol. The van der Waals surface area contributed by atoms with Crippen LogP contribution in [0.3, 0.4) is 0 Å². The molecular formula is C15H18BrNOS. The molecule has 19 heavy (non-hydrogen) atoms. The number of ether oxygens (including phenoxy) is 1. The highest BCUT2D eigenvalue weighted by molar-refractivity contribution is 9.11. The van der Waals surface area contributed by atoms with Gasteiger partial charge in [-0.1, -0.05) is 17.7 Å². The van der Waals surface area contributed by atoms with Crippen LogP contribution in [0.2, 0.25) is 0 Å². The average Bonchev–Trinajstić information content (AvgIpc) is 2.81. The van der Waals surface area contributed by atoms with Crippen LogP contribution >= 0.6 is 27.3 Å². The second-order valence-electron chi connectivity index (χ2n) is 4.50. The first-order valence-electron chi connectivity index (χ1n) is 6.20. The monoisotopic (exact) mass is 339 g/mol. The number of hydrogen-bond donors (Lipinski definition) is 1. The fraction of sp³-hybridized carbons (Fsp3) is 0.333. The molecule has 102 valence electrons. The smallest absolute Gasteiger partial charge is 0.123 e. The molecule has 0 radical (unpaired) electrons. The van der Waals surface area contributed by atoms with Gasteiger partial charge in [0.15, 0.2) is 0 Å². The highest BCUT2D eigenvalue weighted by atomic mass is 79.9. The van der Waals surface area contributed by atoms with Crippen LogP contribution < -0.4 is 10.1 Å². The lowest BCUT2D eigenvalue weighted by Crippen LogP contribution is -2.19. The van der Waals surface area contributed by atoms with E-state index in [1.165, 1.54) is 19.8 Å². The van der Waals surface area contributed by atoms with E-state index in [1.54, 1.807) is 18.4 Å². The number of halogens is 1. The van der Waals surface area contributed by atoms with Gasteiger partial charge in [0.2, 0.25) is 0 Å². The molecule has 0 aliphatic rings. The summed E-state index contributed by atoms with van der Waals surface area (Å²) in [5.41, 5.74) is 2.47. The van der Waals surface area contributed by atoms with Crippen LogP contribution in [0.15, 0.2) is 34.1 Å². The Morgan fingerprint density at radius 2 is 2.11 bits per heavy atom. The van der Waals surface area contributed by atoms with Gasteiger partial charge in [0, 0.05) is 22.9 Å². The molecule has 1 unspecified atom stereocenters. The fourth-order valence-electron chi connectivity index (χ4n) is 2.16. The molecule has 0 saturated carbocycles. The molecular weight excluding hydrogens is 322 g/mol. The number of hydrogen-bond acceptors (Lipinski definition) is 3. The molecule has 0 fully saturated rings. The zero-order chi connectivity index (χ0) is 13.8. The number of rotatable bonds is 5. The minimum Gasteiger partial charge on any atom is -0.496 e. The van der Waals surface area contributed by atoms with Crippen LogP contribution in [0.5, 0.6) is 5.75 Å². The van der Waals surface area contributed by atoms with E-state index in [1.807, 2.05) is 13.1 Å². The summed E-state index contributed by atoms with van der Waals surface area (Å²) in [4.78, 5) is 1.36. The summed E-state index contributed by atoms with van der Waals surface area (Å²) >= 11 is 5.29. The molecule has 4 heteroatoms. The van der Waals surface area contributed by atoms with Gasteiger partial charge in [-0.25, -0.2) is 0 Å². The lowest BCUT2D eigenvalue weighted by Gasteiger charge is -2.19. The Hall–Kier alpha value is -0.840. The van der Waals surface area contributed by atoms with Crippen molar-refractivity contribution in [3.8, 4) is 5.75 Å². The van der Waals surface area contributed by atoms with Crippen LogP contribution in [0.25, 0.3) is 0 Å². The molecule has 2 nitrogen and oxygen atoms in total. The molecule has 1 aromatic heterocycles. The second-order valence-corrected chi connectivity index (χ2v) is 7.04. The topological polar surface area (TPSA) is 21.3 Å². The van der Waals surface area contributed by atoms with Gasteiger partial charge >= 0.3 is 0 Å². The zero-order valence-electron chi connectivity index (χ0n) is 11.4. The van der Waals surface area contributed by atoms with Crippen LogP contribution in [0, 0.1) is 6.92 Å². The maximum atomic E-state index is 5.48. The Morgan fingerprint density at radius 1 is 1.32 bits per heavy atom. The molecule has 2 rings (SSSR count). The minimum absolute atomic E-state index is 0.264. The van der Waals surface area contributed by atoms with E-state index in [0.29, 0.717) is 0 Å². The number of aryl methyl sites for hydroxylation is 1. The lowest BCUT2D eigenvalue weighted by atomic mass is 10.00. The Kier molecular flexibility index (Phi) is 5.02. The molecule has 0 amide bonds. The maximum Gasteiger partial charge on any atom is 0.123 e. The van der Waals surface area contributed by atoms with Crippen LogP contribution in [0.4, 0.5) is 0 Å². The van der Waals surface area contributed by atoms with Crippen molar-refractivity contribution >= 4 is 27.3 Å². The molecule has 0 bridgehead atoms. The minimum atomic E-state index is 0.264. The van der Waals surface area contributed by atoms with Crippen molar-refractivity contribution in [3.05, 3.63) is 50.1 Å². The predicted octanol–water partition coefficient (Wildman–Crippen LogP) is 4.33. The lowest BCUT2D eigenvalue weighted by molar-refractivity contribution is 0.401. The van der Waals surface area contributed by atoms with E-state index in [0.717, 1.165) is 12.2 Å². The number of thiophene rings is 1. The third kappa shape index (κ3) is 3.59. The van der Waals surface area contributed by atoms with Crippen molar-refractivity contribution in [3.63, 3.8) is 0 Å². The van der Waals surface area contributed by atoms with E-state index >= 15 is 0 Å². The number of likely N-dealkylation sites (N-methyl/N-ethyl adjacent to an activating group) is 1. The first-order chi connectivity index (χ1) is 9.13. The Morgan fingerprint density at radius 3 is 2.68 bits per heavy atom. The number of methoxy groups -OCH3 is 1. The molecule has 0 aliphatic carbocycles. The van der Waals surface area contributed by atoms with Gasteiger partial charge in [0.25, 0.3) is 0 Å². The van der Waals surface area contributed by atoms with Crippen LogP contribution in [-0.4, -0.2) is 14.2 Å². The molecule has 1 heterocycles. The maximum absolute atomic E-state index is 5.48. The standard InChI is InChI=1S/C15H18BrNOS/c1-10-4-6-14(18-3)12(8-10)13(17-2)9-11-5-7-15(16)19-11/h4-8,13,17H,9H2,1-3H3. The molecule has 1 N–H and O–H groups in total. The van der Waals surface area contributed by atoms with Gasteiger partial charge in [-0.2, -0.15) is 0 Å². The van der Waals surface area contributed by atoms with Crippen molar-refractivity contribution in [1.29, 1.82) is 0 Å². The van der Waals surface area contributed by atoms with Gasteiger partial charge in [0.05, 0.1) is 10.9 Å². The Bertz CT molecular complexity index is 553. The summed E-state index contributed by atoms with van der Waals surface area (Å²) in [7, 11) is 3.72. The molecule has 1 aromatic carbocycles. The number of benzene rings is 1. The van der Waals surface area contributed by atoms with Crippen molar-refractivity contribution in [2.24, 2.45) is 0 Å². The quantitative estimate of drug-likeness (QED) is 0.875. The van der Waals surface area contributed by atoms with Crippen LogP contribution in [0.1, 0.15) is 22.0 Å². The largest absolute Gasteiger partial charge is 0.496 e. The van der Waals surface area contributed by atoms with Crippen LogP contribution in [-0.2, 0) is 6.42 Å². The van der Waals surface area contributed by atoms with Gasteiger partial charge < -0.3 is 10.1 Å². The highest BCUT2D eigenvalue weighted by Crippen LogP contribution is 2.31. The van der Waals surface area contributed by atoms with Gasteiger partial charge in [0.1, 0.15) is 5.75 Å². The second kappa shape index (κ2) is 6.55. The van der Waals surface area contributed by atoms with E-state index in [2.05, 4.69) is 52.4 Å². The number of nitrogens with one attached hydrogen (secondary N) is 1. The summed E-state index contributed by atoms with van der Waals surface area (Å²) < 4.78 is 6.65. The SMILES string of the molecule is CNC(Cc1ccc(Br)s1)c1cc(C)ccc1OC. The molecule has 0 spiro atoms. The normalized spacial score (nSPS) is 12.4. The Balaban J connectivity index is 2.28. The van der Waals surface area contributed by atoms with Gasteiger partial charge in [-0.15, -0.1) is 11.3 Å². The van der Waals surface area contributed by atoms with E-state index in [9.17, 15) is 0 Å². The van der Waals surface area contributed by atoms with Crippen molar-refractivity contribution < 1.29 is 4.74 Å². The first-order valence-corrected chi connectivity index (χ1v) is 7.81. The Labute approximate surface area is 126 Å². The van der Waals surface area contributed by atoms with E-state index in [4.69, 9.17) is 4.74 Å². The van der Waals surface area contributed by atoms with E-state index < -0.39 is 0 Å². The summed E-state index contributed by atoms with van der Waals surface area (Å²) in [5, 5.41) is 3.39. The third-order valence-electron chi connectivity index (χ3n) is 3.14. The molecule has 2 aromatic rings. The summed E-state index contributed by atoms with van der Waals surface area (Å²) in [6.45, 7) is 2.11. The molecule has 1 atom stereocenters. The van der Waals surface area contributed by atoms with Gasteiger partial charge in [-0.05, 0) is 48.1 Å². The molecule has 0 saturated heterocycles. The summed E-state index contributed by atoms with van der Waals surface area (Å²) in [5.74, 6) is 0.945.